The first-order chi connectivity index (χ1) is 12.2. The van der Waals surface area contributed by atoms with Gasteiger partial charge in [0, 0.05) is 31.4 Å². The number of hydrogen-bond acceptors (Lipinski definition) is 5. The largest absolute Gasteiger partial charge is 0.486 e. The lowest BCUT2D eigenvalue weighted by atomic mass is 10.1. The van der Waals surface area contributed by atoms with Crippen molar-refractivity contribution >= 4 is 17.5 Å². The van der Waals surface area contributed by atoms with Crippen LogP contribution in [-0.4, -0.2) is 56.1 Å². The van der Waals surface area contributed by atoms with Crippen molar-refractivity contribution in [1.29, 1.82) is 0 Å². The molecule has 0 bridgehead atoms. The molecule has 2 amide bonds. The van der Waals surface area contributed by atoms with Crippen LogP contribution >= 0.6 is 0 Å². The quantitative estimate of drug-likeness (QED) is 0.812. The summed E-state index contributed by atoms with van der Waals surface area (Å²) in [6, 6.07) is 5.48. The highest BCUT2D eigenvalue weighted by atomic mass is 16.6. The topological polar surface area (TPSA) is 85.1 Å². The average Bonchev–Trinajstić information content (AvgIpc) is 3.27. The van der Waals surface area contributed by atoms with Crippen LogP contribution in [0.2, 0.25) is 0 Å². The van der Waals surface area contributed by atoms with Gasteiger partial charge in [-0.1, -0.05) is 0 Å². The Morgan fingerprint density at radius 1 is 1.16 bits per heavy atom. The molecule has 134 valence electrons. The summed E-state index contributed by atoms with van der Waals surface area (Å²) in [6.45, 7) is 3.54. The highest BCUT2D eigenvalue weighted by Gasteiger charge is 2.41. The molecular weight excluding hydrogens is 322 g/mol. The second kappa shape index (κ2) is 6.55. The molecule has 1 aromatic rings. The van der Waals surface area contributed by atoms with Crippen LogP contribution in [0.5, 0.6) is 11.5 Å². The summed E-state index contributed by atoms with van der Waals surface area (Å²) in [4.78, 5) is 29.0. The Labute approximate surface area is 146 Å². The number of anilines is 1. The second-order valence-electron chi connectivity index (χ2n) is 6.83. The first kappa shape index (κ1) is 16.2. The molecule has 1 aromatic carbocycles. The van der Waals surface area contributed by atoms with E-state index in [2.05, 4.69) is 0 Å². The number of nitrogens with two attached hydrogens (primary N) is 1. The summed E-state index contributed by atoms with van der Waals surface area (Å²) in [5.74, 6) is 0.939. The molecule has 7 heteroatoms. The SMILES string of the molecule is NCC1CCN(C(=O)C2CCN(c3ccc4c(c3)OCCO4)C2=O)C1. The van der Waals surface area contributed by atoms with E-state index in [0.29, 0.717) is 63.2 Å². The van der Waals surface area contributed by atoms with Gasteiger partial charge in [0.1, 0.15) is 19.1 Å². The number of fused-ring (bicyclic) bond motifs is 1. The minimum Gasteiger partial charge on any atom is -0.486 e. The van der Waals surface area contributed by atoms with Gasteiger partial charge in [-0.3, -0.25) is 9.59 Å². The summed E-state index contributed by atoms with van der Waals surface area (Å²) in [6.07, 6.45) is 1.48. The molecule has 0 spiro atoms. The number of amides is 2. The molecule has 0 radical (unpaired) electrons. The summed E-state index contributed by atoms with van der Waals surface area (Å²) in [5.41, 5.74) is 6.45. The molecule has 0 aromatic heterocycles. The lowest BCUT2D eigenvalue weighted by molar-refractivity contribution is -0.139. The maximum absolute atomic E-state index is 12.8. The van der Waals surface area contributed by atoms with Crippen LogP contribution in [-0.2, 0) is 9.59 Å². The van der Waals surface area contributed by atoms with Gasteiger partial charge in [-0.25, -0.2) is 0 Å². The number of carbonyl (C=O) groups excluding carboxylic acids is 2. The Morgan fingerprint density at radius 2 is 1.96 bits per heavy atom. The third kappa shape index (κ3) is 2.93. The fraction of sp³-hybridized carbons (Fsp3) is 0.556. The van der Waals surface area contributed by atoms with Crippen LogP contribution in [0.15, 0.2) is 18.2 Å². The van der Waals surface area contributed by atoms with Crippen LogP contribution in [0.4, 0.5) is 5.69 Å². The van der Waals surface area contributed by atoms with Crippen LogP contribution in [0.3, 0.4) is 0 Å². The van der Waals surface area contributed by atoms with Crippen molar-refractivity contribution in [1.82, 2.24) is 4.90 Å². The third-order valence-corrected chi connectivity index (χ3v) is 5.27. The Kier molecular flexibility index (Phi) is 4.25. The van der Waals surface area contributed by atoms with Gasteiger partial charge in [-0.2, -0.15) is 0 Å². The van der Waals surface area contributed by atoms with Gasteiger partial charge < -0.3 is 25.0 Å². The zero-order valence-corrected chi connectivity index (χ0v) is 14.1. The summed E-state index contributed by atoms with van der Waals surface area (Å²) in [5, 5.41) is 0. The number of carbonyl (C=O) groups is 2. The van der Waals surface area contributed by atoms with Crippen molar-refractivity contribution in [3.8, 4) is 11.5 Å². The maximum atomic E-state index is 12.8. The molecule has 25 heavy (non-hydrogen) atoms. The van der Waals surface area contributed by atoms with Gasteiger partial charge >= 0.3 is 0 Å². The Hall–Kier alpha value is -2.28. The Balaban J connectivity index is 1.47. The summed E-state index contributed by atoms with van der Waals surface area (Å²) < 4.78 is 11.1. The number of benzene rings is 1. The monoisotopic (exact) mass is 345 g/mol. The van der Waals surface area contributed by atoms with E-state index in [1.807, 2.05) is 18.2 Å². The smallest absolute Gasteiger partial charge is 0.239 e. The van der Waals surface area contributed by atoms with Gasteiger partial charge in [0.15, 0.2) is 11.5 Å². The molecule has 0 aliphatic carbocycles. The normalized spacial score (nSPS) is 25.6. The van der Waals surface area contributed by atoms with E-state index in [1.165, 1.54) is 0 Å². The first-order valence-corrected chi connectivity index (χ1v) is 8.87. The zero-order chi connectivity index (χ0) is 17.4. The molecule has 2 unspecified atom stereocenters. The first-order valence-electron chi connectivity index (χ1n) is 8.87. The lowest BCUT2D eigenvalue weighted by Gasteiger charge is -2.23. The van der Waals surface area contributed by atoms with Crippen molar-refractivity contribution in [2.45, 2.75) is 12.8 Å². The van der Waals surface area contributed by atoms with Crippen LogP contribution in [0.25, 0.3) is 0 Å². The van der Waals surface area contributed by atoms with E-state index in [-0.39, 0.29) is 11.8 Å². The van der Waals surface area contributed by atoms with Crippen molar-refractivity contribution in [2.75, 3.05) is 44.3 Å². The molecule has 3 aliphatic rings. The fourth-order valence-corrected chi connectivity index (χ4v) is 3.81. The lowest BCUT2D eigenvalue weighted by Crippen LogP contribution is -2.39. The highest BCUT2D eigenvalue weighted by Crippen LogP contribution is 2.36. The van der Waals surface area contributed by atoms with Crippen molar-refractivity contribution in [2.24, 2.45) is 17.6 Å². The number of nitrogens with zero attached hydrogens (tertiary/aromatic N) is 2. The molecule has 3 heterocycles. The van der Waals surface area contributed by atoms with E-state index < -0.39 is 5.92 Å². The zero-order valence-electron chi connectivity index (χ0n) is 14.1. The van der Waals surface area contributed by atoms with Crippen molar-refractivity contribution in [3.05, 3.63) is 18.2 Å². The second-order valence-corrected chi connectivity index (χ2v) is 6.83. The molecule has 0 saturated carbocycles. The Bertz CT molecular complexity index is 693. The average molecular weight is 345 g/mol. The molecule has 4 rings (SSSR count). The molecule has 7 nitrogen and oxygen atoms in total. The molecule has 2 atom stereocenters. The predicted octanol–water partition coefficient (Wildman–Crippen LogP) is 0.618. The van der Waals surface area contributed by atoms with E-state index in [0.717, 1.165) is 12.1 Å². The van der Waals surface area contributed by atoms with E-state index >= 15 is 0 Å². The van der Waals surface area contributed by atoms with Gasteiger partial charge in [-0.05, 0) is 37.4 Å². The standard InChI is InChI=1S/C18H23N3O4/c19-10-12-3-5-20(11-12)17(22)14-4-6-21(18(14)23)13-1-2-15-16(9-13)25-8-7-24-15/h1-2,9,12,14H,3-8,10-11,19H2. The van der Waals surface area contributed by atoms with Crippen LogP contribution in [0.1, 0.15) is 12.8 Å². The number of hydrogen-bond donors (Lipinski definition) is 1. The van der Waals surface area contributed by atoms with Gasteiger partial charge in [-0.15, -0.1) is 0 Å². The van der Waals surface area contributed by atoms with E-state index in [9.17, 15) is 9.59 Å². The molecule has 3 aliphatic heterocycles. The molecule has 2 fully saturated rings. The predicted molar refractivity (Wildman–Crippen MR) is 91.6 cm³/mol. The third-order valence-electron chi connectivity index (χ3n) is 5.27. The maximum Gasteiger partial charge on any atom is 0.239 e. The summed E-state index contributed by atoms with van der Waals surface area (Å²) >= 11 is 0. The van der Waals surface area contributed by atoms with Gasteiger partial charge in [0.2, 0.25) is 11.8 Å². The Morgan fingerprint density at radius 3 is 2.72 bits per heavy atom. The van der Waals surface area contributed by atoms with E-state index in [1.54, 1.807) is 9.80 Å². The molecular formula is C18H23N3O4. The molecule has 2 saturated heterocycles. The van der Waals surface area contributed by atoms with Crippen molar-refractivity contribution in [3.63, 3.8) is 0 Å². The minimum absolute atomic E-state index is 0.0546. The minimum atomic E-state index is -0.579. The summed E-state index contributed by atoms with van der Waals surface area (Å²) in [7, 11) is 0. The van der Waals surface area contributed by atoms with Crippen molar-refractivity contribution < 1.29 is 19.1 Å². The van der Waals surface area contributed by atoms with Crippen LogP contribution < -0.4 is 20.1 Å². The number of rotatable bonds is 3. The highest BCUT2D eigenvalue weighted by molar-refractivity contribution is 6.09. The number of ether oxygens (including phenoxy) is 2. The van der Waals surface area contributed by atoms with E-state index in [4.69, 9.17) is 15.2 Å². The molecule has 2 N–H and O–H groups in total. The van der Waals surface area contributed by atoms with Gasteiger partial charge in [0.25, 0.3) is 0 Å². The number of likely N-dealkylation sites (tertiary alicyclic amines) is 1. The van der Waals surface area contributed by atoms with Gasteiger partial charge in [0.05, 0.1) is 0 Å². The van der Waals surface area contributed by atoms with Crippen LogP contribution in [0, 0.1) is 11.8 Å². The fourth-order valence-electron chi connectivity index (χ4n) is 3.81.